The maximum atomic E-state index is 13.0. The fourth-order valence-corrected chi connectivity index (χ4v) is 22.0. The Kier molecular flexibility index (Phi) is 14.1. The fourth-order valence-electron chi connectivity index (χ4n) is 5.01. The van der Waals surface area contributed by atoms with Gasteiger partial charge in [0.05, 0.1) is 0 Å². The third-order valence-electron chi connectivity index (χ3n) is 6.93. The van der Waals surface area contributed by atoms with Crippen LogP contribution in [0.25, 0.3) is 0 Å². The van der Waals surface area contributed by atoms with Crippen LogP contribution in [0.15, 0.2) is 52.3 Å². The van der Waals surface area contributed by atoms with Crippen molar-refractivity contribution in [2.75, 3.05) is 19.4 Å². The second-order valence-electron chi connectivity index (χ2n) is 11.9. The van der Waals surface area contributed by atoms with Gasteiger partial charge in [0.25, 0.3) is 0 Å². The molecule has 4 nitrogen and oxygen atoms in total. The van der Waals surface area contributed by atoms with Crippen molar-refractivity contribution in [3.63, 3.8) is 0 Å². The van der Waals surface area contributed by atoms with Gasteiger partial charge in [0.1, 0.15) is 0 Å². The summed E-state index contributed by atoms with van der Waals surface area (Å²) < 4.78 is 11.5. The van der Waals surface area contributed by atoms with E-state index in [1.54, 1.807) is 15.3 Å². The summed E-state index contributed by atoms with van der Waals surface area (Å²) in [5.41, 5.74) is 1.64. The van der Waals surface area contributed by atoms with Crippen LogP contribution in [0, 0.1) is 0 Å². The first-order chi connectivity index (χ1) is 18.0. The van der Waals surface area contributed by atoms with Crippen molar-refractivity contribution in [1.82, 2.24) is 4.90 Å². The maximum absolute atomic E-state index is 13.0. The second kappa shape index (κ2) is 16.2. The molecule has 1 N–H and O–H groups in total. The summed E-state index contributed by atoms with van der Waals surface area (Å²) in [6.07, 6.45) is 7.30. The van der Waals surface area contributed by atoms with E-state index in [4.69, 9.17) is 4.74 Å². The summed E-state index contributed by atoms with van der Waals surface area (Å²) >= 11 is -0.928. The van der Waals surface area contributed by atoms with Crippen molar-refractivity contribution in [3.05, 3.63) is 48.0 Å². The van der Waals surface area contributed by atoms with E-state index in [9.17, 15) is 4.79 Å². The second-order valence-corrected chi connectivity index (χ2v) is 26.2. The number of hydrogen-bond donors (Lipinski definition) is 1. The van der Waals surface area contributed by atoms with E-state index in [0.29, 0.717) is 0 Å². The number of hydrogen-bond acceptors (Lipinski definition) is 4. The number of nitrogens with one attached hydrogen (secondary N) is 1. The number of carbonyl (C=O) groups is 1. The average Bonchev–Trinajstić information content (AvgIpc) is 2.84. The normalized spacial score (nSPS) is 12.1. The van der Waals surface area contributed by atoms with Gasteiger partial charge in [0.2, 0.25) is 0 Å². The molecule has 2 aromatic rings. The third-order valence-corrected chi connectivity index (χ3v) is 23.7. The number of nitrogens with zero attached hydrogens (tertiary/aromatic N) is 1. The molecule has 2 rings (SSSR count). The average molecular weight is 648 g/mol. The van der Waals surface area contributed by atoms with Crippen LogP contribution >= 0.6 is 11.8 Å². The van der Waals surface area contributed by atoms with Crippen molar-refractivity contribution < 1.29 is 9.53 Å². The Morgan fingerprint density at radius 2 is 1.47 bits per heavy atom. The molecule has 1 amide bonds. The van der Waals surface area contributed by atoms with Crippen LogP contribution in [0.1, 0.15) is 85.6 Å². The van der Waals surface area contributed by atoms with Crippen LogP contribution in [-0.4, -0.2) is 49.1 Å². The zero-order chi connectivity index (χ0) is 28.2. The molecule has 38 heavy (non-hydrogen) atoms. The van der Waals surface area contributed by atoms with Crippen molar-refractivity contribution in [1.29, 1.82) is 0 Å². The molecule has 0 aromatic heterocycles. The zero-order valence-electron chi connectivity index (χ0n) is 25.3. The van der Waals surface area contributed by atoms with E-state index < -0.39 is 24.0 Å². The summed E-state index contributed by atoms with van der Waals surface area (Å²) in [7, 11) is 4.20. The molecule has 212 valence electrons. The molecule has 0 spiro atoms. The Bertz CT molecular complexity index is 981. The SMILES string of the molecule is CCC[CH2][Sn]([CH2]CCC)([CH2]CCC)[c]1ccc(Sc2ccccc2CN(C)C)c(NC(=O)OC(C)(C)C)c1. The van der Waals surface area contributed by atoms with Gasteiger partial charge in [-0.15, -0.1) is 0 Å². The summed E-state index contributed by atoms with van der Waals surface area (Å²) in [6, 6.07) is 15.6. The van der Waals surface area contributed by atoms with Gasteiger partial charge >= 0.3 is 243 Å². The molecule has 0 heterocycles. The quantitative estimate of drug-likeness (QED) is 0.196. The van der Waals surface area contributed by atoms with Crippen molar-refractivity contribution in [2.45, 2.75) is 115 Å². The van der Waals surface area contributed by atoms with Crippen molar-refractivity contribution in [3.8, 4) is 0 Å². The predicted octanol–water partition coefficient (Wildman–Crippen LogP) is 9.30. The molecule has 0 unspecified atom stereocenters. The number of carbonyl (C=O) groups excluding carboxylic acids is 1. The van der Waals surface area contributed by atoms with E-state index in [1.807, 2.05) is 20.8 Å². The van der Waals surface area contributed by atoms with Gasteiger partial charge in [-0.3, -0.25) is 0 Å². The molecular weight excluding hydrogens is 595 g/mol. The van der Waals surface area contributed by atoms with E-state index >= 15 is 0 Å². The summed E-state index contributed by atoms with van der Waals surface area (Å²) in [4.78, 5) is 17.5. The summed E-state index contributed by atoms with van der Waals surface area (Å²) in [5.74, 6) is 0. The van der Waals surface area contributed by atoms with Gasteiger partial charge in [-0.25, -0.2) is 0 Å². The first-order valence-corrected chi connectivity index (χ1v) is 22.9. The molecule has 6 heteroatoms. The molecule has 0 bridgehead atoms. The monoisotopic (exact) mass is 648 g/mol. The minimum atomic E-state index is -2.67. The Balaban J connectivity index is 2.58. The molecule has 0 aliphatic heterocycles. The van der Waals surface area contributed by atoms with Crippen molar-refractivity contribution >= 4 is 45.5 Å². The van der Waals surface area contributed by atoms with Crippen LogP contribution in [0.2, 0.25) is 13.3 Å². The zero-order valence-corrected chi connectivity index (χ0v) is 29.0. The number of unbranched alkanes of at least 4 members (excludes halogenated alkanes) is 3. The van der Waals surface area contributed by atoms with Crippen LogP contribution in [0.3, 0.4) is 0 Å². The van der Waals surface area contributed by atoms with Crippen LogP contribution in [-0.2, 0) is 11.3 Å². The number of amides is 1. The molecule has 0 fully saturated rings. The fraction of sp³-hybridized carbons (Fsp3) is 0.594. The van der Waals surface area contributed by atoms with Gasteiger partial charge in [-0.05, 0) is 0 Å². The summed E-state index contributed by atoms with van der Waals surface area (Å²) in [6.45, 7) is 13.6. The molecule has 0 aliphatic rings. The topological polar surface area (TPSA) is 41.6 Å². The van der Waals surface area contributed by atoms with E-state index in [0.717, 1.165) is 17.1 Å². The third kappa shape index (κ3) is 10.8. The Morgan fingerprint density at radius 1 is 0.895 bits per heavy atom. The van der Waals surface area contributed by atoms with E-state index in [2.05, 4.69) is 87.5 Å². The molecule has 0 atom stereocenters. The Morgan fingerprint density at radius 3 is 2.00 bits per heavy atom. The summed E-state index contributed by atoms with van der Waals surface area (Å²) in [5, 5.41) is 3.17. The first kappa shape index (κ1) is 33.0. The molecule has 0 saturated heterocycles. The van der Waals surface area contributed by atoms with E-state index in [1.165, 1.54) is 62.3 Å². The number of ether oxygens (including phenoxy) is 1. The number of rotatable bonds is 15. The predicted molar refractivity (Wildman–Crippen MR) is 169 cm³/mol. The first-order valence-electron chi connectivity index (χ1n) is 14.6. The molecule has 0 radical (unpaired) electrons. The van der Waals surface area contributed by atoms with Crippen LogP contribution < -0.4 is 8.90 Å². The molecular formula is C32H52N2O2SSn. The molecule has 0 aliphatic carbocycles. The standard InChI is InChI=1S/C20H25N2O2S.3C4H9.Sn/c1-20(2,3)24-19(23)21-16-11-7-9-13-18(16)25-17-12-8-6-10-15(17)14-22(4)5;3*1-3-4-2;/h6,8-13H,14H2,1-5H3,(H,21,23);3*1,3-4H2,2H3;. The van der Waals surface area contributed by atoms with Crippen LogP contribution in [0.5, 0.6) is 0 Å². The van der Waals surface area contributed by atoms with Gasteiger partial charge in [0.15, 0.2) is 0 Å². The molecule has 0 saturated carbocycles. The van der Waals surface area contributed by atoms with E-state index in [-0.39, 0.29) is 6.09 Å². The Hall–Kier alpha value is -1.18. The molecule has 2 aromatic carbocycles. The minimum absolute atomic E-state index is 0.380. The van der Waals surface area contributed by atoms with Gasteiger partial charge in [-0.1, -0.05) is 0 Å². The van der Waals surface area contributed by atoms with Gasteiger partial charge in [0, 0.05) is 0 Å². The number of anilines is 1. The van der Waals surface area contributed by atoms with Gasteiger partial charge in [-0.2, -0.15) is 0 Å². The van der Waals surface area contributed by atoms with Crippen molar-refractivity contribution in [2.24, 2.45) is 0 Å². The Labute approximate surface area is 241 Å². The van der Waals surface area contributed by atoms with Crippen LogP contribution in [0.4, 0.5) is 10.5 Å². The number of benzene rings is 2. The van der Waals surface area contributed by atoms with Gasteiger partial charge < -0.3 is 0 Å².